The lowest BCUT2D eigenvalue weighted by atomic mass is 9.72. The van der Waals surface area contributed by atoms with Crippen LogP contribution < -0.4 is 19.7 Å². The molecule has 63 heavy (non-hydrogen) atoms. The van der Waals surface area contributed by atoms with Crippen LogP contribution in [0.4, 0.5) is 11.4 Å². The number of hydrogen-bond donors (Lipinski definition) is 3. The number of fused-ring (bicyclic) bond motifs is 2. The number of aromatic nitrogens is 4. The molecule has 2 fully saturated rings. The van der Waals surface area contributed by atoms with E-state index >= 15 is 0 Å². The van der Waals surface area contributed by atoms with Crippen LogP contribution in [-0.4, -0.2) is 96.3 Å². The molecule has 1 aliphatic carbocycles. The standard InChI is InChI=1S/C46H50ClN9O6S/c1-46(2)15-11-33(38(26-46)31-3-5-34(47)6-4-31)28-53-19-21-54(22-20-53)35-7-9-37(40(24-35)55-41-23-32-14-18-49-44(32)51-39(41)27-50-55)45(57)52-63(60,61)36-8-10-43(42(25-36)56(58)59)62-29-30-12-16-48-17-13-30/h3-10,14,18,23-25,27,30,48,50H,11-13,15-17,19-22,26,28-29H2,1-2H3,(H,52,57). The van der Waals surface area contributed by atoms with Crippen LogP contribution in [0.5, 0.6) is 5.75 Å². The van der Waals surface area contributed by atoms with Gasteiger partial charge in [0.25, 0.3) is 15.9 Å². The SMILES string of the molecule is CC1(C)CCC(CN2CCN(c3ccc(C(=O)NS(=O)(=O)c4ccc(OCC5CCNCC5)c([N+](=O)[O-])c4)c(-n4[nH]cc5nc6nccc6cc54)c3)CC2)=C(c2ccc(Cl)cc2)C1. The molecule has 6 aromatic rings. The first-order valence-electron chi connectivity index (χ1n) is 21.4. The molecule has 9 rings (SSSR count). The molecule has 3 aromatic carbocycles. The van der Waals surface area contributed by atoms with Gasteiger partial charge in [-0.15, -0.1) is 0 Å². The zero-order chi connectivity index (χ0) is 43.9. The molecule has 17 heteroatoms. The Labute approximate surface area is 370 Å². The summed E-state index contributed by atoms with van der Waals surface area (Å²) in [5, 5.41) is 20.1. The molecule has 3 aromatic heterocycles. The number of rotatable bonds is 12. The second-order valence-electron chi connectivity index (χ2n) is 17.6. The van der Waals surface area contributed by atoms with Crippen LogP contribution in [-0.2, 0) is 10.0 Å². The number of aromatic amines is 1. The minimum absolute atomic E-state index is 0.0296. The molecule has 0 unspecified atom stereocenters. The van der Waals surface area contributed by atoms with E-state index in [0.717, 1.165) is 100 Å². The highest BCUT2D eigenvalue weighted by Crippen LogP contribution is 2.43. The summed E-state index contributed by atoms with van der Waals surface area (Å²) in [5.41, 5.74) is 7.01. The molecule has 0 bridgehead atoms. The minimum Gasteiger partial charge on any atom is -0.487 e. The quantitative estimate of drug-likeness (QED) is 0.0808. The van der Waals surface area contributed by atoms with Gasteiger partial charge < -0.3 is 15.0 Å². The number of amides is 1. The molecule has 0 radical (unpaired) electrons. The van der Waals surface area contributed by atoms with Crippen molar-refractivity contribution in [2.45, 2.75) is 50.8 Å². The zero-order valence-corrected chi connectivity index (χ0v) is 36.8. The number of nitro groups is 1. The predicted octanol–water partition coefficient (Wildman–Crippen LogP) is 7.75. The average molecular weight is 892 g/mol. The third-order valence-electron chi connectivity index (χ3n) is 12.7. The summed E-state index contributed by atoms with van der Waals surface area (Å²) in [5.74, 6) is -0.712. The van der Waals surface area contributed by atoms with Gasteiger partial charge in [-0.25, -0.2) is 23.1 Å². The summed E-state index contributed by atoms with van der Waals surface area (Å²) in [6.07, 6.45) is 8.33. The van der Waals surface area contributed by atoms with Gasteiger partial charge in [0.15, 0.2) is 11.4 Å². The number of nitro benzene ring substituents is 1. The second-order valence-corrected chi connectivity index (χ2v) is 19.7. The van der Waals surface area contributed by atoms with Crippen molar-refractivity contribution in [3.63, 3.8) is 0 Å². The molecule has 5 heterocycles. The van der Waals surface area contributed by atoms with Gasteiger partial charge in [-0.2, -0.15) is 0 Å². The highest BCUT2D eigenvalue weighted by atomic mass is 35.5. The molecule has 2 saturated heterocycles. The Morgan fingerprint density at radius 3 is 2.56 bits per heavy atom. The molecule has 3 aliphatic rings. The van der Waals surface area contributed by atoms with Crippen molar-refractivity contribution in [3.8, 4) is 11.4 Å². The molecule has 2 aliphatic heterocycles. The first-order valence-corrected chi connectivity index (χ1v) is 23.3. The fourth-order valence-corrected chi connectivity index (χ4v) is 10.1. The van der Waals surface area contributed by atoms with Gasteiger partial charge in [-0.3, -0.25) is 29.6 Å². The summed E-state index contributed by atoms with van der Waals surface area (Å²) >= 11 is 6.26. The summed E-state index contributed by atoms with van der Waals surface area (Å²) in [4.78, 5) is 39.0. The average Bonchev–Trinajstić information content (AvgIpc) is 3.92. The van der Waals surface area contributed by atoms with Crippen LogP contribution in [0.3, 0.4) is 0 Å². The van der Waals surface area contributed by atoms with E-state index in [4.69, 9.17) is 16.3 Å². The Hall–Kier alpha value is -5.81. The Balaban J connectivity index is 0.976. The number of ether oxygens (including phenoxy) is 1. The number of anilines is 1. The van der Waals surface area contributed by atoms with E-state index in [9.17, 15) is 23.3 Å². The van der Waals surface area contributed by atoms with Gasteiger partial charge in [0, 0.05) is 67.3 Å². The number of allylic oxidation sites excluding steroid dienone is 1. The largest absolute Gasteiger partial charge is 0.487 e. The van der Waals surface area contributed by atoms with Crippen molar-refractivity contribution in [1.82, 2.24) is 34.7 Å². The lowest BCUT2D eigenvalue weighted by Crippen LogP contribution is -2.47. The maximum atomic E-state index is 14.2. The third kappa shape index (κ3) is 9.16. The van der Waals surface area contributed by atoms with E-state index in [1.807, 2.05) is 36.4 Å². The number of benzene rings is 3. The summed E-state index contributed by atoms with van der Waals surface area (Å²) in [6.45, 7) is 10.6. The summed E-state index contributed by atoms with van der Waals surface area (Å²) < 4.78 is 37.3. The van der Waals surface area contributed by atoms with Crippen LogP contribution in [0.1, 0.15) is 61.9 Å². The first-order chi connectivity index (χ1) is 30.3. The Kier molecular flexibility index (Phi) is 11.7. The van der Waals surface area contributed by atoms with Crippen molar-refractivity contribution in [2.24, 2.45) is 11.3 Å². The number of piperidine rings is 1. The van der Waals surface area contributed by atoms with Crippen molar-refractivity contribution >= 4 is 66.5 Å². The lowest BCUT2D eigenvalue weighted by Gasteiger charge is -2.39. The van der Waals surface area contributed by atoms with Crippen LogP contribution >= 0.6 is 11.6 Å². The number of sulfonamides is 1. The third-order valence-corrected chi connectivity index (χ3v) is 14.2. The molecule has 0 atom stereocenters. The first kappa shape index (κ1) is 42.5. The minimum atomic E-state index is -4.58. The predicted molar refractivity (Wildman–Crippen MR) is 244 cm³/mol. The topological polar surface area (TPSA) is 181 Å². The number of H-pyrrole nitrogens is 1. The van der Waals surface area contributed by atoms with Gasteiger partial charge in [-0.05, 0) is 122 Å². The maximum absolute atomic E-state index is 14.2. The van der Waals surface area contributed by atoms with E-state index in [1.165, 1.54) is 28.8 Å². The summed E-state index contributed by atoms with van der Waals surface area (Å²) in [6, 6.07) is 20.7. The van der Waals surface area contributed by atoms with Gasteiger partial charge in [0.2, 0.25) is 0 Å². The van der Waals surface area contributed by atoms with E-state index in [2.05, 4.69) is 60.9 Å². The maximum Gasteiger partial charge on any atom is 0.312 e. The van der Waals surface area contributed by atoms with Crippen molar-refractivity contribution in [1.29, 1.82) is 0 Å². The van der Waals surface area contributed by atoms with E-state index in [1.54, 1.807) is 23.1 Å². The molecule has 0 spiro atoms. The highest BCUT2D eigenvalue weighted by Gasteiger charge is 2.31. The van der Waals surface area contributed by atoms with Crippen LogP contribution in [0.2, 0.25) is 5.02 Å². The normalized spacial score (nSPS) is 17.7. The number of piperazine rings is 1. The van der Waals surface area contributed by atoms with Crippen LogP contribution in [0, 0.1) is 21.4 Å². The molecule has 15 nitrogen and oxygen atoms in total. The molecule has 0 saturated carbocycles. The molecule has 3 N–H and O–H groups in total. The Morgan fingerprint density at radius 2 is 1.79 bits per heavy atom. The number of carbonyl (C=O) groups excluding carboxylic acids is 1. The van der Waals surface area contributed by atoms with Gasteiger partial charge in [0.05, 0.1) is 33.2 Å². The number of pyridine rings is 1. The molecule has 328 valence electrons. The Morgan fingerprint density at radius 1 is 1.02 bits per heavy atom. The molecular formula is C46H50ClN9O6S. The fourth-order valence-electron chi connectivity index (χ4n) is 9.03. The van der Waals surface area contributed by atoms with Gasteiger partial charge >= 0.3 is 5.69 Å². The van der Waals surface area contributed by atoms with E-state index < -0.39 is 31.4 Å². The van der Waals surface area contributed by atoms with Crippen LogP contribution in [0.15, 0.2) is 95.7 Å². The lowest BCUT2D eigenvalue weighted by molar-refractivity contribution is -0.386. The molecular weight excluding hydrogens is 842 g/mol. The summed E-state index contributed by atoms with van der Waals surface area (Å²) in [7, 11) is -4.58. The number of hydrogen-bond acceptors (Lipinski definition) is 11. The van der Waals surface area contributed by atoms with E-state index in [0.29, 0.717) is 22.4 Å². The molecule has 1 amide bonds. The van der Waals surface area contributed by atoms with Crippen molar-refractivity contribution in [2.75, 3.05) is 57.3 Å². The monoisotopic (exact) mass is 891 g/mol. The van der Waals surface area contributed by atoms with Crippen molar-refractivity contribution in [3.05, 3.63) is 117 Å². The number of halogens is 1. The van der Waals surface area contributed by atoms with Gasteiger partial charge in [0.1, 0.15) is 5.52 Å². The number of carbonyl (C=O) groups is 1. The zero-order valence-electron chi connectivity index (χ0n) is 35.3. The van der Waals surface area contributed by atoms with Crippen molar-refractivity contribution < 1.29 is 22.9 Å². The second kappa shape index (κ2) is 17.4. The highest BCUT2D eigenvalue weighted by molar-refractivity contribution is 7.90. The van der Waals surface area contributed by atoms with Crippen LogP contribution in [0.25, 0.3) is 33.3 Å². The number of nitrogens with one attached hydrogen (secondary N) is 3. The fraction of sp³-hybridized carbons (Fsp3) is 0.370. The van der Waals surface area contributed by atoms with Gasteiger partial charge in [-0.1, -0.05) is 43.2 Å². The smallest absolute Gasteiger partial charge is 0.312 e. The number of nitrogens with zero attached hydrogens (tertiary/aromatic N) is 6. The van der Waals surface area contributed by atoms with E-state index in [-0.39, 0.29) is 29.3 Å². The Bertz CT molecular complexity index is 2840.